The molecule has 132 valence electrons. The van der Waals surface area contributed by atoms with Crippen LogP contribution < -0.4 is 10.1 Å². The molecule has 0 saturated carbocycles. The quantitative estimate of drug-likeness (QED) is 0.709. The fourth-order valence-corrected chi connectivity index (χ4v) is 2.52. The lowest BCUT2D eigenvalue weighted by Gasteiger charge is -2.09. The Morgan fingerprint density at radius 2 is 1.76 bits per heavy atom. The normalized spacial score (nSPS) is 10.3. The summed E-state index contributed by atoms with van der Waals surface area (Å²) in [5.41, 5.74) is 1.51. The van der Waals surface area contributed by atoms with Crippen LogP contribution in [-0.2, 0) is 11.2 Å². The number of carbonyl (C=O) groups is 2. The maximum absolute atomic E-state index is 12.8. The number of rotatable bonds is 9. The average Bonchev–Trinajstić information content (AvgIpc) is 2.62. The minimum absolute atomic E-state index is 0.0816. The van der Waals surface area contributed by atoms with Gasteiger partial charge in [0.1, 0.15) is 11.6 Å². The van der Waals surface area contributed by atoms with Gasteiger partial charge in [-0.2, -0.15) is 0 Å². The fourth-order valence-electron chi connectivity index (χ4n) is 2.52. The van der Waals surface area contributed by atoms with E-state index in [1.165, 1.54) is 24.3 Å². The fraction of sp³-hybridized carbons (Fsp3) is 0.300. The first kappa shape index (κ1) is 18.6. The topological polar surface area (TPSA) is 55.4 Å². The molecule has 2 aromatic carbocycles. The molecule has 0 unspecified atom stereocenters. The summed E-state index contributed by atoms with van der Waals surface area (Å²) in [5.74, 6) is 0.274. The molecule has 0 bridgehead atoms. The second-order valence-electron chi connectivity index (χ2n) is 5.70. The Balaban J connectivity index is 1.67. The standard InChI is InChI=1S/C20H22FNO3/c1-25-19-7-3-2-5-16(19)13-14-22-20(24)8-4-6-18(23)15-9-11-17(21)12-10-15/h2-3,5,7,9-12H,4,6,8,13-14H2,1H3,(H,22,24). The van der Waals surface area contributed by atoms with E-state index in [0.717, 1.165) is 11.3 Å². The van der Waals surface area contributed by atoms with Crippen molar-refractivity contribution in [1.29, 1.82) is 0 Å². The number of ketones is 1. The van der Waals surface area contributed by atoms with E-state index in [0.29, 0.717) is 31.4 Å². The first-order valence-corrected chi connectivity index (χ1v) is 8.27. The van der Waals surface area contributed by atoms with E-state index in [1.807, 2.05) is 24.3 Å². The lowest BCUT2D eigenvalue weighted by Crippen LogP contribution is -2.25. The number of amides is 1. The molecule has 0 aliphatic heterocycles. The molecule has 2 rings (SSSR count). The average molecular weight is 343 g/mol. The van der Waals surface area contributed by atoms with Crippen LogP contribution in [0.4, 0.5) is 4.39 Å². The summed E-state index contributed by atoms with van der Waals surface area (Å²) in [4.78, 5) is 23.8. The van der Waals surface area contributed by atoms with E-state index in [-0.39, 0.29) is 23.9 Å². The monoisotopic (exact) mass is 343 g/mol. The van der Waals surface area contributed by atoms with Crippen molar-refractivity contribution in [3.8, 4) is 5.75 Å². The van der Waals surface area contributed by atoms with Gasteiger partial charge in [0, 0.05) is 24.9 Å². The third-order valence-corrected chi connectivity index (χ3v) is 3.88. The Morgan fingerprint density at radius 1 is 1.04 bits per heavy atom. The van der Waals surface area contributed by atoms with Gasteiger partial charge in [-0.1, -0.05) is 18.2 Å². The number of methoxy groups -OCH3 is 1. The number of benzene rings is 2. The van der Waals surface area contributed by atoms with Crippen molar-refractivity contribution in [2.45, 2.75) is 25.7 Å². The molecule has 0 spiro atoms. The molecular weight excluding hydrogens is 321 g/mol. The predicted molar refractivity (Wildman–Crippen MR) is 94.3 cm³/mol. The summed E-state index contributed by atoms with van der Waals surface area (Å²) in [7, 11) is 1.62. The Bertz CT molecular complexity index is 713. The van der Waals surface area contributed by atoms with E-state index in [2.05, 4.69) is 5.32 Å². The number of Topliss-reactive ketones (excluding diaryl/α,β-unsaturated/α-hetero) is 1. The summed E-state index contributed by atoms with van der Waals surface area (Å²) in [5, 5.41) is 2.85. The van der Waals surface area contributed by atoms with Gasteiger partial charge in [0.2, 0.25) is 5.91 Å². The van der Waals surface area contributed by atoms with E-state index >= 15 is 0 Å². The first-order chi connectivity index (χ1) is 12.1. The van der Waals surface area contributed by atoms with Crippen molar-refractivity contribution in [2.24, 2.45) is 0 Å². The molecule has 25 heavy (non-hydrogen) atoms. The van der Waals surface area contributed by atoms with Gasteiger partial charge in [0.05, 0.1) is 7.11 Å². The molecule has 0 radical (unpaired) electrons. The number of halogens is 1. The number of nitrogens with one attached hydrogen (secondary N) is 1. The van der Waals surface area contributed by atoms with Gasteiger partial charge < -0.3 is 10.1 Å². The molecule has 5 heteroatoms. The molecule has 1 N–H and O–H groups in total. The second kappa shape index (κ2) is 9.57. The van der Waals surface area contributed by atoms with Crippen molar-refractivity contribution >= 4 is 11.7 Å². The van der Waals surface area contributed by atoms with Gasteiger partial charge >= 0.3 is 0 Å². The number of hydrogen-bond donors (Lipinski definition) is 1. The first-order valence-electron chi connectivity index (χ1n) is 8.27. The Labute approximate surface area is 147 Å². The van der Waals surface area contributed by atoms with Crippen molar-refractivity contribution in [3.05, 3.63) is 65.5 Å². The molecule has 2 aromatic rings. The molecule has 0 aromatic heterocycles. The van der Waals surface area contributed by atoms with Gasteiger partial charge in [0.15, 0.2) is 5.78 Å². The third kappa shape index (κ3) is 6.03. The van der Waals surface area contributed by atoms with E-state index < -0.39 is 0 Å². The zero-order valence-electron chi connectivity index (χ0n) is 14.3. The highest BCUT2D eigenvalue weighted by atomic mass is 19.1. The van der Waals surface area contributed by atoms with E-state index in [1.54, 1.807) is 7.11 Å². The summed E-state index contributed by atoms with van der Waals surface area (Å²) in [6.07, 6.45) is 1.71. The molecule has 0 aliphatic rings. The zero-order chi connectivity index (χ0) is 18.1. The number of para-hydroxylation sites is 1. The van der Waals surface area contributed by atoms with Gasteiger partial charge in [0.25, 0.3) is 0 Å². The maximum Gasteiger partial charge on any atom is 0.220 e. The SMILES string of the molecule is COc1ccccc1CCNC(=O)CCCC(=O)c1ccc(F)cc1. The molecule has 1 amide bonds. The van der Waals surface area contributed by atoms with Gasteiger partial charge in [-0.15, -0.1) is 0 Å². The van der Waals surface area contributed by atoms with Crippen molar-refractivity contribution in [1.82, 2.24) is 5.32 Å². The van der Waals surface area contributed by atoms with Crippen LogP contribution in [0.3, 0.4) is 0 Å². The Hall–Kier alpha value is -2.69. The highest BCUT2D eigenvalue weighted by Crippen LogP contribution is 2.17. The largest absolute Gasteiger partial charge is 0.496 e. The minimum Gasteiger partial charge on any atom is -0.496 e. The van der Waals surface area contributed by atoms with Crippen LogP contribution in [0.25, 0.3) is 0 Å². The van der Waals surface area contributed by atoms with Gasteiger partial charge in [-0.3, -0.25) is 9.59 Å². The van der Waals surface area contributed by atoms with Crippen LogP contribution in [0.2, 0.25) is 0 Å². The van der Waals surface area contributed by atoms with Crippen LogP contribution in [0.5, 0.6) is 5.75 Å². The number of carbonyl (C=O) groups excluding carboxylic acids is 2. The van der Waals surface area contributed by atoms with Crippen LogP contribution >= 0.6 is 0 Å². The van der Waals surface area contributed by atoms with Crippen LogP contribution in [0.1, 0.15) is 35.2 Å². The smallest absolute Gasteiger partial charge is 0.220 e. The van der Waals surface area contributed by atoms with Crippen LogP contribution in [-0.4, -0.2) is 25.3 Å². The maximum atomic E-state index is 12.8. The minimum atomic E-state index is -0.369. The van der Waals surface area contributed by atoms with Crippen molar-refractivity contribution in [2.75, 3.05) is 13.7 Å². The molecule has 0 atom stereocenters. The van der Waals surface area contributed by atoms with Crippen molar-refractivity contribution in [3.63, 3.8) is 0 Å². The Morgan fingerprint density at radius 3 is 2.48 bits per heavy atom. The summed E-state index contributed by atoms with van der Waals surface area (Å²) >= 11 is 0. The molecular formula is C20H22FNO3. The van der Waals surface area contributed by atoms with E-state index in [9.17, 15) is 14.0 Å². The third-order valence-electron chi connectivity index (χ3n) is 3.88. The summed E-state index contributed by atoms with van der Waals surface area (Å²) in [6, 6.07) is 13.1. The number of hydrogen-bond acceptors (Lipinski definition) is 3. The van der Waals surface area contributed by atoms with E-state index in [4.69, 9.17) is 4.74 Å². The highest BCUT2D eigenvalue weighted by molar-refractivity contribution is 5.96. The Kier molecular flexibility index (Phi) is 7.14. The lowest BCUT2D eigenvalue weighted by atomic mass is 10.1. The highest BCUT2D eigenvalue weighted by Gasteiger charge is 2.08. The van der Waals surface area contributed by atoms with Crippen LogP contribution in [0, 0.1) is 5.82 Å². The van der Waals surface area contributed by atoms with Gasteiger partial charge in [-0.25, -0.2) is 4.39 Å². The molecule has 0 aliphatic carbocycles. The zero-order valence-corrected chi connectivity index (χ0v) is 14.3. The molecule has 0 saturated heterocycles. The molecule has 0 heterocycles. The molecule has 4 nitrogen and oxygen atoms in total. The van der Waals surface area contributed by atoms with Gasteiger partial charge in [-0.05, 0) is 48.7 Å². The number of ether oxygens (including phenoxy) is 1. The molecule has 0 fully saturated rings. The predicted octanol–water partition coefficient (Wildman–Crippen LogP) is 3.55. The van der Waals surface area contributed by atoms with Crippen molar-refractivity contribution < 1.29 is 18.7 Å². The van der Waals surface area contributed by atoms with Crippen LogP contribution in [0.15, 0.2) is 48.5 Å². The summed E-state index contributed by atoms with van der Waals surface area (Å²) in [6.45, 7) is 0.519. The summed E-state index contributed by atoms with van der Waals surface area (Å²) < 4.78 is 18.1. The lowest BCUT2D eigenvalue weighted by molar-refractivity contribution is -0.121. The second-order valence-corrected chi connectivity index (χ2v) is 5.70.